The molecule has 1 aliphatic heterocycles. The van der Waals surface area contributed by atoms with Crippen molar-refractivity contribution in [3.05, 3.63) is 35.0 Å². The summed E-state index contributed by atoms with van der Waals surface area (Å²) in [7, 11) is 0. The van der Waals surface area contributed by atoms with Crippen molar-refractivity contribution < 1.29 is 13.2 Å². The molecule has 0 amide bonds. The van der Waals surface area contributed by atoms with E-state index in [2.05, 4.69) is 4.98 Å². The highest BCUT2D eigenvalue weighted by Crippen LogP contribution is 2.31. The fourth-order valence-electron chi connectivity index (χ4n) is 2.10. The van der Waals surface area contributed by atoms with E-state index in [1.165, 1.54) is 6.08 Å². The smallest absolute Gasteiger partial charge is 0.353 e. The van der Waals surface area contributed by atoms with Gasteiger partial charge in [0.1, 0.15) is 5.82 Å². The van der Waals surface area contributed by atoms with Crippen molar-refractivity contribution in [1.82, 2.24) is 4.98 Å². The summed E-state index contributed by atoms with van der Waals surface area (Å²) in [5, 5.41) is 0. The van der Waals surface area contributed by atoms with Crippen LogP contribution in [-0.4, -0.2) is 24.2 Å². The van der Waals surface area contributed by atoms with Crippen LogP contribution in [0.15, 0.2) is 23.8 Å². The maximum Gasteiger partial charge on any atom is 0.412 e. The van der Waals surface area contributed by atoms with E-state index in [4.69, 9.17) is 5.73 Å². The quantitative estimate of drug-likeness (QED) is 0.840. The van der Waals surface area contributed by atoms with E-state index in [1.54, 1.807) is 0 Å². The Balaban J connectivity index is 2.14. The number of alkyl halides is 3. The SMILES string of the molecule is Cc1nc(N2CC=C(C(F)(F)F)CC2)ccc1CN. The second-order valence-corrected chi connectivity index (χ2v) is 4.54. The van der Waals surface area contributed by atoms with Gasteiger partial charge in [-0.25, -0.2) is 4.98 Å². The first-order valence-corrected chi connectivity index (χ1v) is 6.09. The van der Waals surface area contributed by atoms with Gasteiger partial charge in [0.15, 0.2) is 0 Å². The summed E-state index contributed by atoms with van der Waals surface area (Å²) in [4.78, 5) is 6.23. The number of pyridine rings is 1. The van der Waals surface area contributed by atoms with Gasteiger partial charge in [0.25, 0.3) is 0 Å². The van der Waals surface area contributed by atoms with E-state index in [0.717, 1.165) is 11.3 Å². The van der Waals surface area contributed by atoms with Crippen molar-refractivity contribution in [3.8, 4) is 0 Å². The lowest BCUT2D eigenvalue weighted by Crippen LogP contribution is -2.32. The van der Waals surface area contributed by atoms with Crippen LogP contribution in [0.4, 0.5) is 19.0 Å². The average Bonchev–Trinajstić information content (AvgIpc) is 2.38. The van der Waals surface area contributed by atoms with E-state index in [0.29, 0.717) is 18.9 Å². The van der Waals surface area contributed by atoms with Crippen LogP contribution in [0.2, 0.25) is 0 Å². The second-order valence-electron chi connectivity index (χ2n) is 4.54. The summed E-state index contributed by atoms with van der Waals surface area (Å²) in [6.07, 6.45) is -2.97. The molecule has 0 saturated carbocycles. The Morgan fingerprint density at radius 3 is 2.58 bits per heavy atom. The number of halogens is 3. The van der Waals surface area contributed by atoms with Crippen LogP contribution < -0.4 is 10.6 Å². The van der Waals surface area contributed by atoms with Crippen LogP contribution in [0.3, 0.4) is 0 Å². The Morgan fingerprint density at radius 1 is 1.37 bits per heavy atom. The fraction of sp³-hybridized carbons (Fsp3) is 0.462. The summed E-state index contributed by atoms with van der Waals surface area (Å²) in [5.41, 5.74) is 6.89. The van der Waals surface area contributed by atoms with Gasteiger partial charge in [-0.15, -0.1) is 0 Å². The average molecular weight is 271 g/mol. The Kier molecular flexibility index (Phi) is 3.80. The zero-order valence-corrected chi connectivity index (χ0v) is 10.7. The molecule has 3 nitrogen and oxygen atoms in total. The molecule has 0 spiro atoms. The van der Waals surface area contributed by atoms with Crippen molar-refractivity contribution >= 4 is 5.82 Å². The highest BCUT2D eigenvalue weighted by Gasteiger charge is 2.34. The van der Waals surface area contributed by atoms with Gasteiger partial charge >= 0.3 is 6.18 Å². The molecule has 0 radical (unpaired) electrons. The van der Waals surface area contributed by atoms with Gasteiger partial charge in [-0.1, -0.05) is 12.1 Å². The predicted molar refractivity (Wildman–Crippen MR) is 67.8 cm³/mol. The maximum absolute atomic E-state index is 12.5. The standard InChI is InChI=1S/C13H16F3N3/c1-9-10(8-17)2-3-12(18-9)19-6-4-11(5-7-19)13(14,15)16/h2-4H,5-8,17H2,1H3. The Morgan fingerprint density at radius 2 is 2.11 bits per heavy atom. The lowest BCUT2D eigenvalue weighted by molar-refractivity contribution is -0.0944. The molecule has 2 rings (SSSR count). The molecule has 0 saturated heterocycles. The maximum atomic E-state index is 12.5. The lowest BCUT2D eigenvalue weighted by Gasteiger charge is -2.28. The first-order chi connectivity index (χ1) is 8.91. The fourth-order valence-corrected chi connectivity index (χ4v) is 2.10. The van der Waals surface area contributed by atoms with E-state index < -0.39 is 11.7 Å². The van der Waals surface area contributed by atoms with Gasteiger partial charge in [0.05, 0.1) is 0 Å². The number of nitrogens with two attached hydrogens (primary N) is 1. The molecule has 2 N–H and O–H groups in total. The van der Waals surface area contributed by atoms with Crippen molar-refractivity contribution in [1.29, 1.82) is 0 Å². The summed E-state index contributed by atoms with van der Waals surface area (Å²) in [5.74, 6) is 0.701. The third kappa shape index (κ3) is 3.07. The van der Waals surface area contributed by atoms with Crippen LogP contribution in [0, 0.1) is 6.92 Å². The third-order valence-corrected chi connectivity index (χ3v) is 3.30. The number of nitrogens with zero attached hydrogens (tertiary/aromatic N) is 2. The van der Waals surface area contributed by atoms with Crippen LogP contribution in [0.25, 0.3) is 0 Å². The van der Waals surface area contributed by atoms with Crippen molar-refractivity contribution in [2.24, 2.45) is 5.73 Å². The van der Waals surface area contributed by atoms with Crippen molar-refractivity contribution in [3.63, 3.8) is 0 Å². The van der Waals surface area contributed by atoms with Gasteiger partial charge in [0, 0.05) is 30.9 Å². The molecule has 1 aliphatic rings. The number of anilines is 1. The van der Waals surface area contributed by atoms with Crippen LogP contribution in [-0.2, 0) is 6.54 Å². The molecule has 0 atom stereocenters. The monoisotopic (exact) mass is 271 g/mol. The zero-order chi connectivity index (χ0) is 14.0. The molecule has 0 fully saturated rings. The molecule has 6 heteroatoms. The molecule has 0 aromatic carbocycles. The minimum atomic E-state index is -4.21. The van der Waals surface area contributed by atoms with E-state index in [9.17, 15) is 13.2 Å². The number of aryl methyl sites for hydroxylation is 1. The minimum absolute atomic E-state index is 0.00285. The van der Waals surface area contributed by atoms with E-state index in [1.807, 2.05) is 24.0 Å². The van der Waals surface area contributed by atoms with Crippen LogP contribution in [0.5, 0.6) is 0 Å². The largest absolute Gasteiger partial charge is 0.412 e. The summed E-state index contributed by atoms with van der Waals surface area (Å²) in [6.45, 7) is 2.84. The molecule has 19 heavy (non-hydrogen) atoms. The van der Waals surface area contributed by atoms with Gasteiger partial charge in [0.2, 0.25) is 0 Å². The van der Waals surface area contributed by atoms with E-state index >= 15 is 0 Å². The third-order valence-electron chi connectivity index (χ3n) is 3.30. The number of rotatable bonds is 2. The van der Waals surface area contributed by atoms with Crippen LogP contribution >= 0.6 is 0 Å². The number of aromatic nitrogens is 1. The Hall–Kier alpha value is -1.56. The molecule has 0 aliphatic carbocycles. The summed E-state index contributed by atoms with van der Waals surface area (Å²) >= 11 is 0. The normalized spacial score (nSPS) is 16.5. The minimum Gasteiger partial charge on any atom is -0.353 e. The molecule has 104 valence electrons. The Bertz CT molecular complexity index is 494. The van der Waals surface area contributed by atoms with Crippen LogP contribution in [0.1, 0.15) is 17.7 Å². The molecule has 1 aromatic heterocycles. The molecule has 1 aromatic rings. The second kappa shape index (κ2) is 5.21. The number of hydrogen-bond acceptors (Lipinski definition) is 3. The first kappa shape index (κ1) is 13.9. The molecule has 0 unspecified atom stereocenters. The predicted octanol–water partition coefficient (Wildman–Crippen LogP) is 2.55. The molecular weight excluding hydrogens is 255 g/mol. The highest BCUT2D eigenvalue weighted by molar-refractivity contribution is 5.44. The first-order valence-electron chi connectivity index (χ1n) is 6.09. The van der Waals surface area contributed by atoms with Gasteiger partial charge in [-0.2, -0.15) is 13.2 Å². The Labute approximate surface area is 109 Å². The summed E-state index contributed by atoms with van der Waals surface area (Å²) in [6, 6.07) is 3.68. The topological polar surface area (TPSA) is 42.2 Å². The molecule has 0 bridgehead atoms. The van der Waals surface area contributed by atoms with Gasteiger partial charge in [-0.3, -0.25) is 0 Å². The molecule has 2 heterocycles. The van der Waals surface area contributed by atoms with Gasteiger partial charge < -0.3 is 10.6 Å². The van der Waals surface area contributed by atoms with Crippen molar-refractivity contribution in [2.75, 3.05) is 18.0 Å². The van der Waals surface area contributed by atoms with Crippen molar-refractivity contribution in [2.45, 2.75) is 26.1 Å². The van der Waals surface area contributed by atoms with Gasteiger partial charge in [-0.05, 0) is 25.0 Å². The zero-order valence-electron chi connectivity index (χ0n) is 10.7. The molecular formula is C13H16F3N3. The lowest BCUT2D eigenvalue weighted by atomic mass is 10.1. The summed E-state index contributed by atoms with van der Waals surface area (Å²) < 4.78 is 37.6. The highest BCUT2D eigenvalue weighted by atomic mass is 19.4. The number of hydrogen-bond donors (Lipinski definition) is 1. The van der Waals surface area contributed by atoms with E-state index in [-0.39, 0.29) is 13.0 Å².